The van der Waals surface area contributed by atoms with Crippen molar-refractivity contribution in [2.24, 2.45) is 5.73 Å². The Morgan fingerprint density at radius 2 is 0.660 bits per heavy atom. The highest BCUT2D eigenvalue weighted by Crippen LogP contribution is 2.42. The van der Waals surface area contributed by atoms with E-state index in [1.807, 2.05) is 70.7 Å². The van der Waals surface area contributed by atoms with Gasteiger partial charge >= 0.3 is 12.1 Å². The average Bonchev–Trinajstić information content (AvgIpc) is 1.63. The smallest absolute Gasteiger partial charge is 0.317 e. The van der Waals surface area contributed by atoms with Gasteiger partial charge in [-0.1, -0.05) is 70.7 Å². The molecular formula is C102H136Cl4N32O7S2. The molecule has 0 radical (unpaired) electrons. The van der Waals surface area contributed by atoms with Crippen LogP contribution in [0.5, 0.6) is 0 Å². The Labute approximate surface area is 879 Å². The van der Waals surface area contributed by atoms with E-state index in [0.717, 1.165) is 170 Å². The Morgan fingerprint density at radius 3 is 0.925 bits per heavy atom. The summed E-state index contributed by atoms with van der Waals surface area (Å²) in [4.78, 5) is 67.1. The monoisotopic (exact) mass is 2120 g/mol. The Kier molecular flexibility index (Phi) is 36.9. The number of aromatic amines is 4. The molecule has 0 bridgehead atoms. The number of nitrogens with two attached hydrogens (primary N) is 1. The second kappa shape index (κ2) is 49.8. The zero-order valence-corrected chi connectivity index (χ0v) is 90.3. The maximum absolute atomic E-state index is 13.0. The molecule has 6 saturated heterocycles. The van der Waals surface area contributed by atoms with Gasteiger partial charge in [0.15, 0.2) is 46.5 Å². The van der Waals surface area contributed by atoms with Crippen LogP contribution < -0.4 is 53.6 Å². The molecule has 8 aromatic heterocycles. The van der Waals surface area contributed by atoms with Crippen LogP contribution >= 0.6 is 46.4 Å². The quantitative estimate of drug-likeness (QED) is 0.0192. The van der Waals surface area contributed by atoms with E-state index in [1.165, 1.54) is 51.8 Å². The first-order chi connectivity index (χ1) is 70.4. The lowest BCUT2D eigenvalue weighted by Gasteiger charge is -2.33. The maximum atomic E-state index is 13.0. The van der Waals surface area contributed by atoms with E-state index in [2.05, 4.69) is 235 Å². The molecule has 0 unspecified atom stereocenters. The van der Waals surface area contributed by atoms with Crippen molar-refractivity contribution in [3.05, 3.63) is 207 Å². The zero-order valence-electron chi connectivity index (χ0n) is 85.7. The third kappa shape index (κ3) is 29.5. The van der Waals surface area contributed by atoms with Gasteiger partial charge in [-0.05, 0) is 314 Å². The van der Waals surface area contributed by atoms with Crippen LogP contribution in [0.15, 0.2) is 97.6 Å². The second-order valence-electron chi connectivity index (χ2n) is 39.1. The number of aromatic nitrogens is 16. The number of sulfonamides is 2. The van der Waals surface area contributed by atoms with E-state index in [1.54, 1.807) is 38.3 Å². The minimum Gasteiger partial charge on any atom is -0.392 e. The number of likely N-dealkylation sites (tertiary alicyclic amines) is 4. The van der Waals surface area contributed by atoms with Crippen molar-refractivity contribution in [2.45, 2.75) is 203 Å². The van der Waals surface area contributed by atoms with E-state index >= 15 is 0 Å². The van der Waals surface area contributed by atoms with Crippen molar-refractivity contribution in [3.63, 3.8) is 0 Å². The van der Waals surface area contributed by atoms with E-state index in [0.29, 0.717) is 186 Å². The number of β-amino-alcohol motifs (C(OH)–C–C–N with tert-alkyl or cyclic N) is 1. The van der Waals surface area contributed by atoms with Gasteiger partial charge in [0, 0.05) is 142 Å². The third-order valence-electron chi connectivity index (χ3n) is 27.8. The fourth-order valence-electron chi connectivity index (χ4n) is 19.8. The Balaban J connectivity index is 0.000000148. The molecule has 786 valence electrons. The number of halogens is 4. The lowest BCUT2D eigenvalue weighted by molar-refractivity contribution is 0.176. The number of rotatable bonds is 31. The number of amides is 4. The highest BCUT2D eigenvalue weighted by Gasteiger charge is 2.35. The SMILES string of the molecule is CCNC(=O)N1CCC(c2cc(C)c(Nc3ncc(Cl)c(Nc4cc(C)[nH]n4)n3)cc2C)CC1.Cc1cc(Nc2nc(Nc3cc(C)c(C4CCN(C(N)=O)CC4)cc3C)ncc2Cl)n[nH]1.Cc1cc(Nc2nc(Nc3cc(C)c(C4CCN(S(=O)(=O)CCCN5CCCC5)CC4)cc3C)ncc2Cl)n[nH]1.Cc1cc(Nc2nc(Nc3cc(C)c(C4CCN(S(=O)(=O)CCCN5CC[C@@H](O)C5)CC4)cc3C)ncc2Cl)n[nH]1. The molecule has 4 aromatic carbocycles. The maximum Gasteiger partial charge on any atom is 0.317 e. The van der Waals surface area contributed by atoms with Crippen LogP contribution in [-0.4, -0.2) is 259 Å². The normalized spacial score (nSPS) is 16.5. The summed E-state index contributed by atoms with van der Waals surface area (Å²) in [5, 5.41) is 68.1. The van der Waals surface area contributed by atoms with E-state index < -0.39 is 20.0 Å². The number of piperidine rings is 4. The van der Waals surface area contributed by atoms with Crippen LogP contribution in [0.25, 0.3) is 0 Å². The number of carbonyl (C=O) groups excluding carboxylic acids is 2. The summed E-state index contributed by atoms with van der Waals surface area (Å²) in [5.41, 5.74) is 27.1. The molecule has 4 amide bonds. The molecule has 6 aliphatic rings. The van der Waals surface area contributed by atoms with Crippen molar-refractivity contribution >= 4 is 172 Å². The van der Waals surface area contributed by atoms with Gasteiger partial charge in [0.2, 0.25) is 43.8 Å². The average molecular weight is 2130 g/mol. The van der Waals surface area contributed by atoms with Gasteiger partial charge in [-0.15, -0.1) is 0 Å². The molecule has 6 aliphatic heterocycles. The van der Waals surface area contributed by atoms with Gasteiger partial charge in [0.1, 0.15) is 20.1 Å². The predicted molar refractivity (Wildman–Crippen MR) is 584 cm³/mol. The molecule has 0 spiro atoms. The van der Waals surface area contributed by atoms with Crippen LogP contribution in [-0.2, 0) is 20.0 Å². The first-order valence-electron chi connectivity index (χ1n) is 50.3. The lowest BCUT2D eigenvalue weighted by atomic mass is 9.85. The number of nitrogens with zero attached hydrogens (tertiary/aromatic N) is 18. The molecule has 12 aromatic rings. The highest BCUT2D eigenvalue weighted by atomic mass is 35.5. The van der Waals surface area contributed by atoms with E-state index in [-0.39, 0.29) is 29.7 Å². The molecule has 39 nitrogen and oxygen atoms in total. The van der Waals surface area contributed by atoms with Gasteiger partial charge in [-0.3, -0.25) is 20.4 Å². The molecule has 1 atom stereocenters. The molecule has 14 heterocycles. The summed E-state index contributed by atoms with van der Waals surface area (Å²) < 4.78 is 55.2. The number of aliphatic hydroxyl groups is 1. The molecule has 16 N–H and O–H groups in total. The van der Waals surface area contributed by atoms with Gasteiger partial charge in [0.25, 0.3) is 0 Å². The molecule has 0 aliphatic carbocycles. The number of urea groups is 2. The van der Waals surface area contributed by atoms with Crippen LogP contribution in [0.2, 0.25) is 20.1 Å². The molecule has 0 saturated carbocycles. The summed E-state index contributed by atoms with van der Waals surface area (Å²) in [6.07, 6.45) is 17.5. The van der Waals surface area contributed by atoms with Gasteiger partial charge in [0.05, 0.1) is 42.4 Å². The van der Waals surface area contributed by atoms with Crippen molar-refractivity contribution in [3.8, 4) is 0 Å². The van der Waals surface area contributed by atoms with Crippen molar-refractivity contribution in [1.29, 1.82) is 0 Å². The molecule has 147 heavy (non-hydrogen) atoms. The van der Waals surface area contributed by atoms with Crippen molar-refractivity contribution in [2.75, 3.05) is 152 Å². The number of aliphatic hydroxyl groups excluding tert-OH is 1. The number of aryl methyl sites for hydroxylation is 12. The number of H-pyrrole nitrogens is 4. The Hall–Kier alpha value is -12.2. The van der Waals surface area contributed by atoms with E-state index in [4.69, 9.17) is 52.1 Å². The summed E-state index contributed by atoms with van der Waals surface area (Å²) in [7, 11) is -6.48. The summed E-state index contributed by atoms with van der Waals surface area (Å²) in [5.74, 6) is 8.04. The van der Waals surface area contributed by atoms with Crippen LogP contribution in [0, 0.1) is 83.1 Å². The Morgan fingerprint density at radius 1 is 0.374 bits per heavy atom. The van der Waals surface area contributed by atoms with Gasteiger partial charge < -0.3 is 78.3 Å². The zero-order chi connectivity index (χ0) is 104. The van der Waals surface area contributed by atoms with Crippen molar-refractivity contribution in [1.82, 2.24) is 114 Å². The van der Waals surface area contributed by atoms with Crippen LogP contribution in [0.1, 0.15) is 204 Å². The number of anilines is 16. The fraction of sp³-hybridized carbons (Fsp3) is 0.471. The molecular weight excluding hydrogens is 1990 g/mol. The number of carbonyl (C=O) groups is 2. The topological polar surface area (TPSA) is 494 Å². The number of nitrogens with one attached hydrogen (secondary N) is 13. The minimum absolute atomic E-state index is 0.0349. The Bertz CT molecular complexity index is 6810. The third-order valence-corrected chi connectivity index (χ3v) is 32.8. The predicted octanol–water partition coefficient (Wildman–Crippen LogP) is 19.2. The standard InChI is InChI=1S/C28H39ClN8O3S.C28H39ClN8O2S.C24H31ClN8O.C22H27ClN8O/c1-18-14-25(31-28-30-16-24(29)27(33-28)32-26-15-20(3)34-35-26)19(2)13-23(18)21-5-10-37(11-6-21)41(39,40)12-4-8-36-9-7-22(38)17-36;1-19-16-25(31-28-30-18-24(29)27(33-28)32-26-17-21(3)34-35-26)20(2)15-23(19)22-7-12-37(13-8-22)40(38,39)14-6-11-36-9-4-5-10-36;1-5-26-24(34)33-8-6-17(7-9-33)18-10-15(3)20(11-14(18)2)28-23-27-13-19(25)22(30-23)29-21-12-16(4)31-32-21;1-12-9-18(13(2)8-16(12)15-4-6-31(7-5-15)21(24)32)26-22-25-11-17(23)20(28-22)27-19-10-14(3)29-30-19/h13-16,21-22,38H,4-12,17H2,1-3H3,(H3,30,31,32,33,34,35);15-18,22H,4-14H2,1-3H3,(H3,30,31,32,33,34,35);10-13,17H,5-9H2,1-4H3,(H,26,34)(H3,27,28,29,30,31,32);8-11,15H,4-7H2,1-3H3,(H2,24,32)(H3,25,26,27,28,29,30)/t22-;;;/m1.../s1. The second-order valence-corrected chi connectivity index (χ2v) is 44.9. The first kappa shape index (κ1) is 109. The molecule has 45 heteroatoms. The summed E-state index contributed by atoms with van der Waals surface area (Å²) in [6.45, 7) is 37.5. The molecule has 6 fully saturated rings. The summed E-state index contributed by atoms with van der Waals surface area (Å²) >= 11 is 25.2. The van der Waals surface area contributed by atoms with Gasteiger partial charge in [-0.25, -0.2) is 55.0 Å². The highest BCUT2D eigenvalue weighted by molar-refractivity contribution is 7.89. The number of primary amides is 1. The van der Waals surface area contributed by atoms with Crippen molar-refractivity contribution < 1.29 is 31.5 Å². The first-order valence-corrected chi connectivity index (χ1v) is 55.1. The fourth-order valence-corrected chi connectivity index (χ4v) is 23.4. The summed E-state index contributed by atoms with van der Waals surface area (Å²) in [6, 6.07) is 24.5. The number of benzene rings is 4. The van der Waals surface area contributed by atoms with Crippen LogP contribution in [0.3, 0.4) is 0 Å². The minimum atomic E-state index is -3.28. The van der Waals surface area contributed by atoms with E-state index in [9.17, 15) is 31.5 Å². The van der Waals surface area contributed by atoms with Gasteiger partial charge in [-0.2, -0.15) is 40.3 Å². The lowest BCUT2D eigenvalue weighted by Crippen LogP contribution is -2.44. The largest absolute Gasteiger partial charge is 0.392 e. The number of hydrogen-bond donors (Lipinski definition) is 15. The van der Waals surface area contributed by atoms with Crippen LogP contribution in [0.4, 0.5) is 103 Å². The number of hydrogen-bond acceptors (Lipinski definition) is 29. The molecule has 18 rings (SSSR count).